The molecule has 0 radical (unpaired) electrons. The van der Waals surface area contributed by atoms with Crippen LogP contribution in [0.4, 0.5) is 11.8 Å². The maximum absolute atomic E-state index is 12.5. The van der Waals surface area contributed by atoms with Gasteiger partial charge in [-0.15, -0.1) is 11.3 Å². The molecular weight excluding hydrogens is 350 g/mol. The molecule has 0 bridgehead atoms. The molecule has 0 spiro atoms. The monoisotopic (exact) mass is 369 g/mol. The summed E-state index contributed by atoms with van der Waals surface area (Å²) in [6, 6.07) is 3.85. The predicted octanol–water partition coefficient (Wildman–Crippen LogP) is 1.55. The van der Waals surface area contributed by atoms with E-state index in [0.717, 1.165) is 23.3 Å². The molecule has 1 fully saturated rings. The van der Waals surface area contributed by atoms with E-state index in [2.05, 4.69) is 30.2 Å². The van der Waals surface area contributed by atoms with Crippen LogP contribution in [-0.2, 0) is 4.79 Å². The van der Waals surface area contributed by atoms with Gasteiger partial charge >= 0.3 is 0 Å². The number of fused-ring (bicyclic) bond motifs is 1. The lowest BCUT2D eigenvalue weighted by Crippen LogP contribution is -2.50. The van der Waals surface area contributed by atoms with E-state index in [1.165, 1.54) is 11.2 Å². The fourth-order valence-electron chi connectivity index (χ4n) is 3.00. The van der Waals surface area contributed by atoms with Crippen LogP contribution in [0, 0.1) is 6.92 Å². The van der Waals surface area contributed by atoms with Gasteiger partial charge in [-0.3, -0.25) is 4.79 Å². The first-order valence-electron chi connectivity index (χ1n) is 8.45. The standard InChI is InChI=1S/C17H19N7OS/c1-12-9-13-15(21-11-22-16(13)26-12)20-10-14(25)23-5-7-24(8-6-23)17-18-3-2-4-19-17/h2-4,9,11H,5-8,10H2,1H3,(H,20,21,22). The van der Waals surface area contributed by atoms with Crippen molar-refractivity contribution in [2.24, 2.45) is 0 Å². The van der Waals surface area contributed by atoms with Crippen molar-refractivity contribution in [3.8, 4) is 0 Å². The minimum absolute atomic E-state index is 0.0670. The van der Waals surface area contributed by atoms with Crippen molar-refractivity contribution in [3.05, 3.63) is 35.7 Å². The minimum atomic E-state index is 0.0670. The van der Waals surface area contributed by atoms with E-state index in [1.54, 1.807) is 29.8 Å². The topological polar surface area (TPSA) is 87.1 Å². The van der Waals surface area contributed by atoms with Gasteiger partial charge in [0.05, 0.1) is 11.9 Å². The Hall–Kier alpha value is -2.81. The zero-order chi connectivity index (χ0) is 17.9. The Morgan fingerprint density at radius 2 is 1.92 bits per heavy atom. The number of nitrogens with zero attached hydrogens (tertiary/aromatic N) is 6. The normalized spacial score (nSPS) is 14.7. The quantitative estimate of drug-likeness (QED) is 0.746. The first-order valence-corrected chi connectivity index (χ1v) is 9.27. The van der Waals surface area contributed by atoms with E-state index in [1.807, 2.05) is 17.9 Å². The average molecular weight is 369 g/mol. The Balaban J connectivity index is 1.34. The molecule has 1 aliphatic heterocycles. The van der Waals surface area contributed by atoms with Gasteiger partial charge < -0.3 is 15.1 Å². The van der Waals surface area contributed by atoms with Crippen LogP contribution in [0.2, 0.25) is 0 Å². The van der Waals surface area contributed by atoms with Crippen LogP contribution in [-0.4, -0.2) is 63.5 Å². The van der Waals surface area contributed by atoms with Gasteiger partial charge in [-0.1, -0.05) is 0 Å². The number of anilines is 2. The molecule has 134 valence electrons. The average Bonchev–Trinajstić information content (AvgIpc) is 3.07. The molecule has 4 heterocycles. The summed E-state index contributed by atoms with van der Waals surface area (Å²) in [7, 11) is 0. The molecule has 0 atom stereocenters. The van der Waals surface area contributed by atoms with Crippen LogP contribution >= 0.6 is 11.3 Å². The Morgan fingerprint density at radius 3 is 2.69 bits per heavy atom. The van der Waals surface area contributed by atoms with Gasteiger partial charge in [0.25, 0.3) is 0 Å². The highest BCUT2D eigenvalue weighted by Crippen LogP contribution is 2.27. The zero-order valence-electron chi connectivity index (χ0n) is 14.4. The van der Waals surface area contributed by atoms with Gasteiger partial charge in [0, 0.05) is 43.4 Å². The molecule has 1 amide bonds. The Bertz CT molecular complexity index is 906. The lowest BCUT2D eigenvalue weighted by Gasteiger charge is -2.34. The van der Waals surface area contributed by atoms with Gasteiger partial charge in [0.2, 0.25) is 11.9 Å². The van der Waals surface area contributed by atoms with E-state index >= 15 is 0 Å². The number of hydrogen-bond acceptors (Lipinski definition) is 8. The summed E-state index contributed by atoms with van der Waals surface area (Å²) < 4.78 is 0. The molecular formula is C17H19N7OS. The molecule has 4 rings (SSSR count). The highest BCUT2D eigenvalue weighted by atomic mass is 32.1. The molecule has 1 N–H and O–H groups in total. The van der Waals surface area contributed by atoms with Crippen LogP contribution in [0.3, 0.4) is 0 Å². The van der Waals surface area contributed by atoms with Crippen LogP contribution in [0.5, 0.6) is 0 Å². The number of hydrogen-bond donors (Lipinski definition) is 1. The summed E-state index contributed by atoms with van der Waals surface area (Å²) in [6.45, 7) is 5.06. The fraction of sp³-hybridized carbons (Fsp3) is 0.353. The van der Waals surface area contributed by atoms with Gasteiger partial charge in [0.15, 0.2) is 0 Å². The third kappa shape index (κ3) is 3.43. The molecule has 0 unspecified atom stereocenters. The second-order valence-corrected chi connectivity index (χ2v) is 7.30. The van der Waals surface area contributed by atoms with Crippen LogP contribution in [0.15, 0.2) is 30.9 Å². The summed E-state index contributed by atoms with van der Waals surface area (Å²) >= 11 is 1.62. The maximum Gasteiger partial charge on any atom is 0.242 e. The summed E-state index contributed by atoms with van der Waals surface area (Å²) in [5.74, 6) is 1.50. The summed E-state index contributed by atoms with van der Waals surface area (Å²) in [6.07, 6.45) is 5.00. The molecule has 8 nitrogen and oxygen atoms in total. The van der Waals surface area contributed by atoms with Crippen molar-refractivity contribution in [1.82, 2.24) is 24.8 Å². The smallest absolute Gasteiger partial charge is 0.242 e. The second-order valence-electron chi connectivity index (χ2n) is 6.07. The van der Waals surface area contributed by atoms with E-state index in [4.69, 9.17) is 0 Å². The van der Waals surface area contributed by atoms with Crippen molar-refractivity contribution in [3.63, 3.8) is 0 Å². The number of aryl methyl sites for hydroxylation is 1. The second kappa shape index (κ2) is 7.20. The molecule has 3 aromatic rings. The SMILES string of the molecule is Cc1cc2c(NCC(=O)N3CCN(c4ncccn4)CC3)ncnc2s1. The largest absolute Gasteiger partial charge is 0.360 e. The van der Waals surface area contributed by atoms with Crippen LogP contribution < -0.4 is 10.2 Å². The van der Waals surface area contributed by atoms with E-state index < -0.39 is 0 Å². The Morgan fingerprint density at radius 1 is 1.15 bits per heavy atom. The molecule has 26 heavy (non-hydrogen) atoms. The van der Waals surface area contributed by atoms with E-state index in [-0.39, 0.29) is 12.5 Å². The number of amides is 1. The summed E-state index contributed by atoms with van der Waals surface area (Å²) in [4.78, 5) is 35.7. The van der Waals surface area contributed by atoms with Crippen molar-refractivity contribution in [1.29, 1.82) is 0 Å². The van der Waals surface area contributed by atoms with Crippen molar-refractivity contribution in [2.75, 3.05) is 42.9 Å². The van der Waals surface area contributed by atoms with Crippen LogP contribution in [0.25, 0.3) is 10.2 Å². The van der Waals surface area contributed by atoms with Gasteiger partial charge in [-0.2, -0.15) is 0 Å². The van der Waals surface area contributed by atoms with Crippen molar-refractivity contribution in [2.45, 2.75) is 6.92 Å². The number of carbonyl (C=O) groups excluding carboxylic acids is 1. The van der Waals surface area contributed by atoms with Gasteiger partial charge in [0.1, 0.15) is 17.0 Å². The lowest BCUT2D eigenvalue weighted by atomic mass is 10.3. The molecule has 0 saturated carbocycles. The Kier molecular flexibility index (Phi) is 4.61. The number of piperazine rings is 1. The van der Waals surface area contributed by atoms with Crippen molar-refractivity contribution < 1.29 is 4.79 Å². The lowest BCUT2D eigenvalue weighted by molar-refractivity contribution is -0.129. The number of rotatable bonds is 4. The minimum Gasteiger partial charge on any atom is -0.360 e. The van der Waals surface area contributed by atoms with Gasteiger partial charge in [-0.25, -0.2) is 19.9 Å². The molecule has 3 aromatic heterocycles. The molecule has 9 heteroatoms. The Labute approximate surface area is 154 Å². The van der Waals surface area contributed by atoms with Crippen molar-refractivity contribution >= 4 is 39.2 Å². The predicted molar refractivity (Wildman–Crippen MR) is 101 cm³/mol. The maximum atomic E-state index is 12.5. The highest BCUT2D eigenvalue weighted by Gasteiger charge is 2.22. The molecule has 1 aliphatic rings. The first kappa shape index (κ1) is 16.6. The number of thiophene rings is 1. The molecule has 0 aliphatic carbocycles. The fourth-order valence-corrected chi connectivity index (χ4v) is 3.85. The molecule has 1 saturated heterocycles. The third-order valence-corrected chi connectivity index (χ3v) is 5.29. The highest BCUT2D eigenvalue weighted by molar-refractivity contribution is 7.18. The number of carbonyl (C=O) groups is 1. The summed E-state index contributed by atoms with van der Waals surface area (Å²) in [5, 5.41) is 4.13. The number of nitrogens with one attached hydrogen (secondary N) is 1. The summed E-state index contributed by atoms with van der Waals surface area (Å²) in [5.41, 5.74) is 0. The van der Waals surface area contributed by atoms with E-state index in [9.17, 15) is 4.79 Å². The van der Waals surface area contributed by atoms with Crippen LogP contribution in [0.1, 0.15) is 4.88 Å². The molecule has 0 aromatic carbocycles. The first-order chi connectivity index (χ1) is 12.7. The number of aromatic nitrogens is 4. The van der Waals surface area contributed by atoms with E-state index in [0.29, 0.717) is 24.9 Å². The van der Waals surface area contributed by atoms with Gasteiger partial charge in [-0.05, 0) is 19.1 Å². The zero-order valence-corrected chi connectivity index (χ0v) is 15.2. The third-order valence-electron chi connectivity index (χ3n) is 4.33.